The summed E-state index contributed by atoms with van der Waals surface area (Å²) in [6.07, 6.45) is 0. The van der Waals surface area contributed by atoms with E-state index in [1.54, 1.807) is 0 Å². The third-order valence-corrected chi connectivity index (χ3v) is 3.86. The first kappa shape index (κ1) is 13.2. The van der Waals surface area contributed by atoms with Crippen LogP contribution in [0.4, 0.5) is 0 Å². The second kappa shape index (κ2) is 4.93. The summed E-state index contributed by atoms with van der Waals surface area (Å²) < 4.78 is 2.09. The molecule has 0 aliphatic heterocycles. The fourth-order valence-corrected chi connectivity index (χ4v) is 2.62. The molecule has 1 aromatic heterocycles. The van der Waals surface area contributed by atoms with Gasteiger partial charge in [0.05, 0.1) is 11.0 Å². The van der Waals surface area contributed by atoms with E-state index in [0.717, 1.165) is 38.6 Å². The van der Waals surface area contributed by atoms with Gasteiger partial charge in [-0.3, -0.25) is 0 Å². The first-order valence-electron chi connectivity index (χ1n) is 6.52. The summed E-state index contributed by atoms with van der Waals surface area (Å²) in [6.45, 7) is 2.59. The Bertz CT molecular complexity index is 790. The second-order valence-electron chi connectivity index (χ2n) is 4.98. The van der Waals surface area contributed by atoms with E-state index in [0.29, 0.717) is 6.54 Å². The van der Waals surface area contributed by atoms with Gasteiger partial charge in [-0.25, -0.2) is 4.98 Å². The molecule has 3 aromatic rings. The van der Waals surface area contributed by atoms with Gasteiger partial charge >= 0.3 is 0 Å². The highest BCUT2D eigenvalue weighted by Crippen LogP contribution is 2.28. The molecular weight excluding hydrogens is 270 g/mol. The average molecular weight is 286 g/mol. The normalized spacial score (nSPS) is 11.2. The molecule has 20 heavy (non-hydrogen) atoms. The maximum atomic E-state index is 6.11. The van der Waals surface area contributed by atoms with Crippen LogP contribution in [0.25, 0.3) is 22.4 Å². The van der Waals surface area contributed by atoms with Gasteiger partial charge < -0.3 is 10.3 Å². The molecule has 0 bridgehead atoms. The highest BCUT2D eigenvalue weighted by molar-refractivity contribution is 6.30. The molecular formula is C16H16ClN3. The Hall–Kier alpha value is -1.84. The highest BCUT2D eigenvalue weighted by atomic mass is 35.5. The van der Waals surface area contributed by atoms with Crippen molar-refractivity contribution in [3.05, 3.63) is 52.5 Å². The van der Waals surface area contributed by atoms with Crippen LogP contribution in [0.3, 0.4) is 0 Å². The fraction of sp³-hybridized carbons (Fsp3) is 0.188. The minimum atomic E-state index is 0.526. The van der Waals surface area contributed by atoms with Crippen molar-refractivity contribution in [2.45, 2.75) is 13.5 Å². The van der Waals surface area contributed by atoms with Crippen LogP contribution < -0.4 is 5.73 Å². The van der Waals surface area contributed by atoms with Crippen molar-refractivity contribution < 1.29 is 0 Å². The van der Waals surface area contributed by atoms with E-state index in [9.17, 15) is 0 Å². The summed E-state index contributed by atoms with van der Waals surface area (Å²) in [4.78, 5) is 4.74. The molecule has 0 saturated carbocycles. The van der Waals surface area contributed by atoms with Gasteiger partial charge in [0.2, 0.25) is 0 Å². The Labute approximate surface area is 123 Å². The lowest BCUT2D eigenvalue weighted by Gasteiger charge is -2.06. The Morgan fingerprint density at radius 2 is 2.00 bits per heavy atom. The number of imidazole rings is 1. The van der Waals surface area contributed by atoms with Crippen LogP contribution in [-0.4, -0.2) is 9.55 Å². The molecule has 1 heterocycles. The summed E-state index contributed by atoms with van der Waals surface area (Å²) in [5.74, 6) is 0.925. The van der Waals surface area contributed by atoms with Gasteiger partial charge in [-0.05, 0) is 42.3 Å². The van der Waals surface area contributed by atoms with Crippen LogP contribution >= 0.6 is 11.6 Å². The quantitative estimate of drug-likeness (QED) is 0.781. The predicted octanol–water partition coefficient (Wildman–Crippen LogP) is 3.66. The van der Waals surface area contributed by atoms with Gasteiger partial charge in [-0.1, -0.05) is 23.7 Å². The maximum absolute atomic E-state index is 6.11. The lowest BCUT2D eigenvalue weighted by Crippen LogP contribution is -1.96. The summed E-state index contributed by atoms with van der Waals surface area (Å²) in [6, 6.07) is 12.0. The Morgan fingerprint density at radius 1 is 1.20 bits per heavy atom. The SMILES string of the molecule is Cc1ccc(Cl)cc1-c1nc2cc(CN)ccc2n1C. The largest absolute Gasteiger partial charge is 0.327 e. The first-order valence-corrected chi connectivity index (χ1v) is 6.90. The van der Waals surface area contributed by atoms with Crippen LogP contribution in [0.1, 0.15) is 11.1 Å². The number of aromatic nitrogens is 2. The third-order valence-electron chi connectivity index (χ3n) is 3.62. The van der Waals surface area contributed by atoms with Crippen molar-refractivity contribution in [1.82, 2.24) is 9.55 Å². The van der Waals surface area contributed by atoms with Crippen LogP contribution in [-0.2, 0) is 13.6 Å². The number of hydrogen-bond acceptors (Lipinski definition) is 2. The molecule has 0 spiro atoms. The van der Waals surface area contributed by atoms with E-state index < -0.39 is 0 Å². The van der Waals surface area contributed by atoms with Gasteiger partial charge in [-0.2, -0.15) is 0 Å². The number of halogens is 1. The summed E-state index contributed by atoms with van der Waals surface area (Å²) >= 11 is 6.11. The van der Waals surface area contributed by atoms with E-state index in [-0.39, 0.29) is 0 Å². The molecule has 0 unspecified atom stereocenters. The Morgan fingerprint density at radius 3 is 2.75 bits per heavy atom. The first-order chi connectivity index (χ1) is 9.60. The number of nitrogens with zero attached hydrogens (tertiary/aromatic N) is 2. The molecule has 0 aliphatic rings. The van der Waals surface area contributed by atoms with E-state index in [4.69, 9.17) is 22.3 Å². The molecule has 3 rings (SSSR count). The van der Waals surface area contributed by atoms with Crippen molar-refractivity contribution in [1.29, 1.82) is 0 Å². The van der Waals surface area contributed by atoms with Gasteiger partial charge in [0, 0.05) is 24.2 Å². The lowest BCUT2D eigenvalue weighted by atomic mass is 10.1. The van der Waals surface area contributed by atoms with Crippen LogP contribution in [0.5, 0.6) is 0 Å². The van der Waals surface area contributed by atoms with Gasteiger partial charge in [0.15, 0.2) is 0 Å². The number of aryl methyl sites for hydroxylation is 2. The molecule has 0 amide bonds. The van der Waals surface area contributed by atoms with E-state index in [2.05, 4.69) is 17.6 Å². The monoisotopic (exact) mass is 285 g/mol. The van der Waals surface area contributed by atoms with E-state index in [1.165, 1.54) is 0 Å². The number of fused-ring (bicyclic) bond motifs is 1. The zero-order chi connectivity index (χ0) is 14.3. The van der Waals surface area contributed by atoms with Crippen molar-refractivity contribution in [3.8, 4) is 11.4 Å². The third kappa shape index (κ3) is 2.09. The molecule has 2 N–H and O–H groups in total. The van der Waals surface area contributed by atoms with Crippen molar-refractivity contribution in [3.63, 3.8) is 0 Å². The molecule has 3 nitrogen and oxygen atoms in total. The number of nitrogens with two attached hydrogens (primary N) is 1. The lowest BCUT2D eigenvalue weighted by molar-refractivity contribution is 0.957. The zero-order valence-corrected chi connectivity index (χ0v) is 12.3. The Kier molecular flexibility index (Phi) is 3.24. The number of rotatable bonds is 2. The smallest absolute Gasteiger partial charge is 0.141 e. The number of hydrogen-bond donors (Lipinski definition) is 1. The van der Waals surface area contributed by atoms with Gasteiger partial charge in [-0.15, -0.1) is 0 Å². The summed E-state index contributed by atoms with van der Waals surface area (Å²) in [5, 5.41) is 0.723. The van der Waals surface area contributed by atoms with Crippen molar-refractivity contribution in [2.75, 3.05) is 0 Å². The van der Waals surface area contributed by atoms with E-state index in [1.807, 2.05) is 37.4 Å². The molecule has 0 saturated heterocycles. The van der Waals surface area contributed by atoms with E-state index >= 15 is 0 Å². The molecule has 4 heteroatoms. The van der Waals surface area contributed by atoms with Crippen LogP contribution in [0, 0.1) is 6.92 Å². The van der Waals surface area contributed by atoms with Crippen LogP contribution in [0.2, 0.25) is 5.02 Å². The fourth-order valence-electron chi connectivity index (χ4n) is 2.45. The van der Waals surface area contributed by atoms with Crippen molar-refractivity contribution >= 4 is 22.6 Å². The molecule has 0 aliphatic carbocycles. The Balaban J connectivity index is 2.26. The topological polar surface area (TPSA) is 43.8 Å². The van der Waals surface area contributed by atoms with Crippen molar-refractivity contribution in [2.24, 2.45) is 12.8 Å². The zero-order valence-electron chi connectivity index (χ0n) is 11.5. The number of benzene rings is 2. The standard InChI is InChI=1S/C16H16ClN3/c1-10-3-5-12(17)8-13(10)16-19-14-7-11(9-18)4-6-15(14)20(16)2/h3-8H,9,18H2,1-2H3. The molecule has 0 atom stereocenters. The summed E-state index contributed by atoms with van der Waals surface area (Å²) in [7, 11) is 2.02. The average Bonchev–Trinajstić information content (AvgIpc) is 2.78. The molecule has 0 fully saturated rings. The minimum absolute atomic E-state index is 0.526. The molecule has 2 aromatic carbocycles. The highest BCUT2D eigenvalue weighted by Gasteiger charge is 2.12. The maximum Gasteiger partial charge on any atom is 0.141 e. The predicted molar refractivity (Wildman–Crippen MR) is 83.8 cm³/mol. The second-order valence-corrected chi connectivity index (χ2v) is 5.42. The van der Waals surface area contributed by atoms with Gasteiger partial charge in [0.1, 0.15) is 5.82 Å². The molecule has 102 valence electrons. The van der Waals surface area contributed by atoms with Crippen LogP contribution in [0.15, 0.2) is 36.4 Å². The minimum Gasteiger partial charge on any atom is -0.327 e. The summed E-state index contributed by atoms with van der Waals surface area (Å²) in [5.41, 5.74) is 11.1. The molecule has 0 radical (unpaired) electrons. The van der Waals surface area contributed by atoms with Gasteiger partial charge in [0.25, 0.3) is 0 Å².